The molecular formula is C16H24N2. The van der Waals surface area contributed by atoms with Crippen LogP contribution < -0.4 is 5.32 Å². The van der Waals surface area contributed by atoms with Crippen LogP contribution >= 0.6 is 0 Å². The molecular weight excluding hydrogens is 220 g/mol. The smallest absolute Gasteiger partial charge is 0.0167 e. The van der Waals surface area contributed by atoms with Crippen molar-refractivity contribution in [3.8, 4) is 0 Å². The first kappa shape index (κ1) is 13.3. The fraction of sp³-hybridized carbons (Fsp3) is 0.500. The van der Waals surface area contributed by atoms with Gasteiger partial charge in [-0.1, -0.05) is 35.9 Å². The second-order valence-electron chi connectivity index (χ2n) is 5.17. The van der Waals surface area contributed by atoms with E-state index < -0.39 is 0 Å². The van der Waals surface area contributed by atoms with E-state index in [1.165, 1.54) is 29.7 Å². The van der Waals surface area contributed by atoms with Crippen molar-refractivity contribution in [3.05, 3.63) is 41.0 Å². The Balaban J connectivity index is 1.90. The van der Waals surface area contributed by atoms with Gasteiger partial charge in [0.2, 0.25) is 0 Å². The lowest BCUT2D eigenvalue weighted by atomic mass is 10.1. The van der Waals surface area contributed by atoms with Crippen LogP contribution in [0.1, 0.15) is 23.1 Å². The summed E-state index contributed by atoms with van der Waals surface area (Å²) in [7, 11) is 0. The summed E-state index contributed by atoms with van der Waals surface area (Å²) in [6.45, 7) is 10.1. The van der Waals surface area contributed by atoms with E-state index in [1.807, 2.05) is 0 Å². The van der Waals surface area contributed by atoms with Gasteiger partial charge in [0.1, 0.15) is 0 Å². The first-order valence-electron chi connectivity index (χ1n) is 6.92. The number of nitrogens with zero attached hydrogens (tertiary/aromatic N) is 1. The molecule has 1 saturated heterocycles. The average molecular weight is 244 g/mol. The third-order valence-corrected chi connectivity index (χ3v) is 3.52. The zero-order valence-electron chi connectivity index (χ0n) is 11.6. The normalized spacial score (nSPS) is 18.1. The molecule has 2 heteroatoms. The Labute approximate surface area is 111 Å². The number of rotatable bonds is 3. The molecule has 1 aliphatic heterocycles. The molecule has 1 N–H and O–H groups in total. The van der Waals surface area contributed by atoms with E-state index in [2.05, 4.69) is 54.4 Å². The van der Waals surface area contributed by atoms with E-state index in [9.17, 15) is 0 Å². The summed E-state index contributed by atoms with van der Waals surface area (Å²) in [6.07, 6.45) is 5.81. The molecule has 2 rings (SSSR count). The summed E-state index contributed by atoms with van der Waals surface area (Å²) in [6, 6.07) is 6.64. The van der Waals surface area contributed by atoms with Gasteiger partial charge in [0.25, 0.3) is 0 Å². The minimum Gasteiger partial charge on any atom is -0.315 e. The van der Waals surface area contributed by atoms with Gasteiger partial charge in [-0.25, -0.2) is 0 Å². The number of hydrogen-bond acceptors (Lipinski definition) is 2. The summed E-state index contributed by atoms with van der Waals surface area (Å²) in [4.78, 5) is 2.51. The van der Waals surface area contributed by atoms with Crippen LogP contribution in [0.2, 0.25) is 0 Å². The van der Waals surface area contributed by atoms with Crippen LogP contribution in [0, 0.1) is 13.8 Å². The maximum Gasteiger partial charge on any atom is 0.0167 e. The maximum atomic E-state index is 3.43. The third-order valence-electron chi connectivity index (χ3n) is 3.52. The molecule has 2 nitrogen and oxygen atoms in total. The van der Waals surface area contributed by atoms with Crippen molar-refractivity contribution in [3.63, 3.8) is 0 Å². The molecule has 0 amide bonds. The molecule has 0 unspecified atom stereocenters. The fourth-order valence-electron chi connectivity index (χ4n) is 2.43. The van der Waals surface area contributed by atoms with Crippen LogP contribution in [0.3, 0.4) is 0 Å². The van der Waals surface area contributed by atoms with Crippen LogP contribution in [-0.2, 0) is 0 Å². The van der Waals surface area contributed by atoms with Crippen molar-refractivity contribution >= 4 is 6.08 Å². The molecule has 1 aromatic rings. The second kappa shape index (κ2) is 6.72. The van der Waals surface area contributed by atoms with Crippen LogP contribution in [-0.4, -0.2) is 37.6 Å². The summed E-state index contributed by atoms with van der Waals surface area (Å²) in [5.74, 6) is 0. The molecule has 18 heavy (non-hydrogen) atoms. The third kappa shape index (κ3) is 3.97. The van der Waals surface area contributed by atoms with Crippen LogP contribution in [0.25, 0.3) is 6.08 Å². The number of nitrogens with one attached hydrogen (secondary N) is 1. The Bertz CT molecular complexity index is 402. The summed E-state index contributed by atoms with van der Waals surface area (Å²) < 4.78 is 0. The van der Waals surface area contributed by atoms with Crippen molar-refractivity contribution in [2.45, 2.75) is 20.3 Å². The van der Waals surface area contributed by atoms with Crippen LogP contribution in [0.15, 0.2) is 24.3 Å². The maximum absolute atomic E-state index is 3.43. The van der Waals surface area contributed by atoms with Gasteiger partial charge in [-0.2, -0.15) is 0 Å². The monoisotopic (exact) mass is 244 g/mol. The van der Waals surface area contributed by atoms with E-state index in [0.717, 1.165) is 26.2 Å². The highest BCUT2D eigenvalue weighted by Gasteiger charge is 2.05. The van der Waals surface area contributed by atoms with Crippen molar-refractivity contribution in [1.82, 2.24) is 10.2 Å². The Kier molecular flexibility index (Phi) is 4.97. The van der Waals surface area contributed by atoms with Gasteiger partial charge in [-0.15, -0.1) is 0 Å². The van der Waals surface area contributed by atoms with Gasteiger partial charge in [0.15, 0.2) is 0 Å². The molecule has 1 aromatic carbocycles. The van der Waals surface area contributed by atoms with Gasteiger partial charge in [-0.05, 0) is 44.5 Å². The highest BCUT2D eigenvalue weighted by Crippen LogP contribution is 2.12. The molecule has 0 bridgehead atoms. The number of aryl methyl sites for hydroxylation is 2. The summed E-state index contributed by atoms with van der Waals surface area (Å²) in [5.41, 5.74) is 4.04. The molecule has 0 radical (unpaired) electrons. The van der Waals surface area contributed by atoms with Gasteiger partial charge < -0.3 is 5.32 Å². The topological polar surface area (TPSA) is 15.3 Å². The van der Waals surface area contributed by atoms with E-state index >= 15 is 0 Å². The van der Waals surface area contributed by atoms with Crippen molar-refractivity contribution in [1.29, 1.82) is 0 Å². The van der Waals surface area contributed by atoms with Gasteiger partial charge in [0.05, 0.1) is 0 Å². The molecule has 1 heterocycles. The number of hydrogen-bond donors (Lipinski definition) is 1. The fourth-order valence-corrected chi connectivity index (χ4v) is 2.43. The molecule has 0 aromatic heterocycles. The minimum atomic E-state index is 1.06. The molecule has 0 saturated carbocycles. The lowest BCUT2D eigenvalue weighted by molar-refractivity contribution is 0.324. The lowest BCUT2D eigenvalue weighted by Crippen LogP contribution is -2.28. The average Bonchev–Trinajstić information content (AvgIpc) is 2.60. The highest BCUT2D eigenvalue weighted by atomic mass is 15.1. The Morgan fingerprint density at radius 1 is 1.22 bits per heavy atom. The largest absolute Gasteiger partial charge is 0.315 e. The summed E-state index contributed by atoms with van der Waals surface area (Å²) >= 11 is 0. The van der Waals surface area contributed by atoms with Gasteiger partial charge in [0, 0.05) is 19.6 Å². The first-order valence-corrected chi connectivity index (χ1v) is 6.92. The number of benzene rings is 1. The zero-order valence-corrected chi connectivity index (χ0v) is 11.6. The molecule has 1 aliphatic rings. The molecule has 1 fully saturated rings. The van der Waals surface area contributed by atoms with Crippen LogP contribution in [0.5, 0.6) is 0 Å². The molecule has 0 spiro atoms. The lowest BCUT2D eigenvalue weighted by Gasteiger charge is -2.16. The van der Waals surface area contributed by atoms with Gasteiger partial charge in [-0.3, -0.25) is 4.90 Å². The Hall–Kier alpha value is -1.12. The van der Waals surface area contributed by atoms with Crippen LogP contribution in [0.4, 0.5) is 0 Å². The van der Waals surface area contributed by atoms with Crippen molar-refractivity contribution < 1.29 is 0 Å². The quantitative estimate of drug-likeness (QED) is 0.879. The standard InChI is InChI=1S/C16H24N2/c1-14-6-7-16(15(2)13-14)5-3-10-18-11-4-8-17-9-12-18/h3,5-7,13,17H,4,8-12H2,1-2H3/b5-3+. The van der Waals surface area contributed by atoms with E-state index in [0.29, 0.717) is 0 Å². The molecule has 98 valence electrons. The first-order chi connectivity index (χ1) is 8.75. The minimum absolute atomic E-state index is 1.06. The predicted molar refractivity (Wildman–Crippen MR) is 78.9 cm³/mol. The SMILES string of the molecule is Cc1ccc(/C=C/CN2CCCNCC2)c(C)c1. The molecule has 0 aliphatic carbocycles. The van der Waals surface area contributed by atoms with Gasteiger partial charge >= 0.3 is 0 Å². The Morgan fingerprint density at radius 2 is 2.11 bits per heavy atom. The highest BCUT2D eigenvalue weighted by molar-refractivity contribution is 5.54. The van der Waals surface area contributed by atoms with Crippen molar-refractivity contribution in [2.75, 3.05) is 32.7 Å². The second-order valence-corrected chi connectivity index (χ2v) is 5.17. The molecule has 0 atom stereocenters. The summed E-state index contributed by atoms with van der Waals surface area (Å²) in [5, 5.41) is 3.43. The van der Waals surface area contributed by atoms with E-state index in [4.69, 9.17) is 0 Å². The van der Waals surface area contributed by atoms with E-state index in [1.54, 1.807) is 0 Å². The Morgan fingerprint density at radius 3 is 2.94 bits per heavy atom. The van der Waals surface area contributed by atoms with E-state index in [-0.39, 0.29) is 0 Å². The zero-order chi connectivity index (χ0) is 12.8. The predicted octanol–water partition coefficient (Wildman–Crippen LogP) is 2.61. The van der Waals surface area contributed by atoms with Crippen molar-refractivity contribution in [2.24, 2.45) is 0 Å².